The lowest BCUT2D eigenvalue weighted by Gasteiger charge is -2.25. The third-order valence-electron chi connectivity index (χ3n) is 5.10. The Morgan fingerprint density at radius 2 is 1.73 bits per heavy atom. The highest BCUT2D eigenvalue weighted by Gasteiger charge is 2.51. The minimum absolute atomic E-state index is 0.253. The number of benzene rings is 2. The lowest BCUT2D eigenvalue weighted by atomic mass is 9.87. The van der Waals surface area contributed by atoms with Crippen molar-refractivity contribution in [1.29, 1.82) is 0 Å². The fourth-order valence-electron chi connectivity index (χ4n) is 3.28. The van der Waals surface area contributed by atoms with Crippen LogP contribution in [0.2, 0.25) is 0 Å². The monoisotopic (exact) mass is 350 g/mol. The van der Waals surface area contributed by atoms with Crippen LogP contribution in [-0.4, -0.2) is 29.2 Å². The van der Waals surface area contributed by atoms with E-state index in [4.69, 9.17) is 0 Å². The summed E-state index contributed by atoms with van der Waals surface area (Å²) in [4.78, 5) is 39.1. The van der Waals surface area contributed by atoms with Crippen molar-refractivity contribution < 1.29 is 14.4 Å². The van der Waals surface area contributed by atoms with Gasteiger partial charge in [-0.25, -0.2) is 4.79 Å². The number of urea groups is 1. The number of ketones is 1. The Balaban J connectivity index is 1.87. The molecule has 1 atom stereocenters. The van der Waals surface area contributed by atoms with E-state index in [-0.39, 0.29) is 18.2 Å². The van der Waals surface area contributed by atoms with E-state index in [1.807, 2.05) is 57.2 Å². The Morgan fingerprint density at radius 3 is 2.35 bits per heavy atom. The largest absolute Gasteiger partial charge is 0.325 e. The summed E-state index contributed by atoms with van der Waals surface area (Å²) in [6.45, 7) is 5.48. The van der Waals surface area contributed by atoms with Crippen molar-refractivity contribution >= 4 is 17.7 Å². The summed E-state index contributed by atoms with van der Waals surface area (Å²) in [6, 6.07) is 14.0. The first-order valence-corrected chi connectivity index (χ1v) is 8.69. The van der Waals surface area contributed by atoms with Crippen molar-refractivity contribution in [2.75, 3.05) is 6.54 Å². The molecular formula is C21H22N2O3. The molecule has 0 spiro atoms. The van der Waals surface area contributed by atoms with Crippen LogP contribution >= 0.6 is 0 Å². The average molecular weight is 350 g/mol. The van der Waals surface area contributed by atoms with Crippen molar-refractivity contribution in [3.63, 3.8) is 0 Å². The van der Waals surface area contributed by atoms with Gasteiger partial charge in [-0.05, 0) is 43.0 Å². The molecule has 5 nitrogen and oxygen atoms in total. The third kappa shape index (κ3) is 2.90. The highest BCUT2D eigenvalue weighted by Crippen LogP contribution is 2.32. The Labute approximate surface area is 153 Å². The molecule has 1 fully saturated rings. The fraction of sp³-hybridized carbons (Fsp3) is 0.286. The Morgan fingerprint density at radius 1 is 1.04 bits per heavy atom. The molecule has 3 amide bonds. The Kier molecular flexibility index (Phi) is 4.64. The van der Waals surface area contributed by atoms with Crippen molar-refractivity contribution in [3.05, 3.63) is 70.8 Å². The first-order valence-electron chi connectivity index (χ1n) is 8.69. The van der Waals surface area contributed by atoms with E-state index < -0.39 is 11.6 Å². The van der Waals surface area contributed by atoms with Gasteiger partial charge in [0.1, 0.15) is 5.54 Å². The first-order chi connectivity index (χ1) is 12.4. The van der Waals surface area contributed by atoms with Crippen LogP contribution in [0.1, 0.15) is 40.4 Å². The summed E-state index contributed by atoms with van der Waals surface area (Å²) >= 11 is 0. The molecule has 0 aromatic heterocycles. The number of nitrogens with one attached hydrogen (secondary N) is 1. The van der Waals surface area contributed by atoms with Gasteiger partial charge in [0, 0.05) is 5.56 Å². The molecule has 1 aliphatic rings. The fourth-order valence-corrected chi connectivity index (χ4v) is 3.28. The number of Topliss-reactive ketones (excluding diaryl/α,β-unsaturated/α-hetero) is 1. The summed E-state index contributed by atoms with van der Waals surface area (Å²) < 4.78 is 0. The zero-order valence-corrected chi connectivity index (χ0v) is 15.2. The summed E-state index contributed by atoms with van der Waals surface area (Å²) in [5.41, 5.74) is 2.21. The van der Waals surface area contributed by atoms with Gasteiger partial charge >= 0.3 is 6.03 Å². The van der Waals surface area contributed by atoms with Crippen molar-refractivity contribution in [1.82, 2.24) is 10.2 Å². The number of hydrogen-bond donors (Lipinski definition) is 1. The van der Waals surface area contributed by atoms with Crippen molar-refractivity contribution in [2.24, 2.45) is 0 Å². The maximum atomic E-state index is 13.0. The van der Waals surface area contributed by atoms with Crippen LogP contribution in [0.5, 0.6) is 0 Å². The van der Waals surface area contributed by atoms with Gasteiger partial charge in [0.2, 0.25) is 0 Å². The van der Waals surface area contributed by atoms with Crippen molar-refractivity contribution in [3.8, 4) is 0 Å². The van der Waals surface area contributed by atoms with Crippen LogP contribution < -0.4 is 5.32 Å². The molecule has 134 valence electrons. The standard InChI is InChI=1S/C21H22N2O3/c1-4-21(17-8-6-5-7-9-17)19(25)23(20(26)22-21)13-18(24)16-11-10-14(2)15(3)12-16/h5-12H,4,13H2,1-3H3,(H,22,26)/t21-/m1/s1. The first kappa shape index (κ1) is 17.9. The second-order valence-electron chi connectivity index (χ2n) is 6.67. The minimum atomic E-state index is -1.11. The molecule has 5 heteroatoms. The van der Waals surface area contributed by atoms with Gasteiger partial charge in [-0.1, -0.05) is 49.4 Å². The van der Waals surface area contributed by atoms with Crippen LogP contribution in [0.3, 0.4) is 0 Å². The molecular weight excluding hydrogens is 328 g/mol. The predicted octanol–water partition coefficient (Wildman–Crippen LogP) is 3.34. The highest BCUT2D eigenvalue weighted by molar-refractivity contribution is 6.11. The lowest BCUT2D eigenvalue weighted by molar-refractivity contribution is -0.131. The molecule has 0 unspecified atom stereocenters. The normalized spacial score (nSPS) is 19.6. The van der Waals surface area contributed by atoms with Crippen LogP contribution in [0.15, 0.2) is 48.5 Å². The molecule has 0 radical (unpaired) electrons. The van der Waals surface area contributed by atoms with E-state index in [9.17, 15) is 14.4 Å². The zero-order valence-electron chi connectivity index (χ0n) is 15.2. The van der Waals surface area contributed by atoms with Gasteiger partial charge in [-0.3, -0.25) is 14.5 Å². The maximum Gasteiger partial charge on any atom is 0.325 e. The van der Waals surface area contributed by atoms with Crippen LogP contribution in [0, 0.1) is 13.8 Å². The molecule has 0 bridgehead atoms. The van der Waals surface area contributed by atoms with E-state index in [0.717, 1.165) is 21.6 Å². The topological polar surface area (TPSA) is 66.5 Å². The molecule has 2 aromatic carbocycles. The van der Waals surface area contributed by atoms with E-state index in [1.54, 1.807) is 12.1 Å². The van der Waals surface area contributed by atoms with Gasteiger partial charge in [0.05, 0.1) is 6.54 Å². The summed E-state index contributed by atoms with van der Waals surface area (Å²) in [7, 11) is 0. The van der Waals surface area contributed by atoms with Crippen molar-refractivity contribution in [2.45, 2.75) is 32.7 Å². The van der Waals surface area contributed by atoms with Gasteiger partial charge < -0.3 is 5.32 Å². The number of carbonyl (C=O) groups is 3. The number of nitrogens with zero attached hydrogens (tertiary/aromatic N) is 1. The smallest absolute Gasteiger partial charge is 0.319 e. The third-order valence-corrected chi connectivity index (χ3v) is 5.10. The molecule has 1 N–H and O–H groups in total. The van der Waals surface area contributed by atoms with E-state index in [2.05, 4.69) is 5.32 Å². The second kappa shape index (κ2) is 6.75. The quantitative estimate of drug-likeness (QED) is 0.664. The number of aryl methyl sites for hydroxylation is 2. The van der Waals surface area contributed by atoms with Gasteiger partial charge in [-0.15, -0.1) is 0 Å². The molecule has 0 aliphatic carbocycles. The molecule has 3 rings (SSSR count). The molecule has 1 saturated heterocycles. The van der Waals surface area contributed by atoms with Gasteiger partial charge in [0.15, 0.2) is 5.78 Å². The predicted molar refractivity (Wildman–Crippen MR) is 98.9 cm³/mol. The summed E-state index contributed by atoms with van der Waals surface area (Å²) in [5, 5.41) is 2.80. The summed E-state index contributed by atoms with van der Waals surface area (Å²) in [5.74, 6) is -0.634. The SMILES string of the molecule is CC[C@]1(c2ccccc2)NC(=O)N(CC(=O)c2ccc(C)c(C)c2)C1=O. The van der Waals surface area contributed by atoms with Crippen LogP contribution in [-0.2, 0) is 10.3 Å². The van der Waals surface area contributed by atoms with E-state index >= 15 is 0 Å². The van der Waals surface area contributed by atoms with Crippen LogP contribution in [0.25, 0.3) is 0 Å². The Hall–Kier alpha value is -2.95. The maximum absolute atomic E-state index is 13.0. The minimum Gasteiger partial charge on any atom is -0.319 e. The van der Waals surface area contributed by atoms with Gasteiger partial charge in [-0.2, -0.15) is 0 Å². The number of carbonyl (C=O) groups excluding carboxylic acids is 3. The molecule has 2 aromatic rings. The lowest BCUT2D eigenvalue weighted by Crippen LogP contribution is -2.43. The van der Waals surface area contributed by atoms with E-state index in [0.29, 0.717) is 12.0 Å². The number of amides is 3. The second-order valence-corrected chi connectivity index (χ2v) is 6.67. The number of imide groups is 1. The van der Waals surface area contributed by atoms with Gasteiger partial charge in [0.25, 0.3) is 5.91 Å². The Bertz CT molecular complexity index is 876. The molecule has 1 aliphatic heterocycles. The van der Waals surface area contributed by atoms with Crippen LogP contribution in [0.4, 0.5) is 4.79 Å². The highest BCUT2D eigenvalue weighted by atomic mass is 16.2. The number of rotatable bonds is 5. The molecule has 1 heterocycles. The average Bonchev–Trinajstić information content (AvgIpc) is 2.89. The number of hydrogen-bond acceptors (Lipinski definition) is 3. The zero-order chi connectivity index (χ0) is 18.9. The molecule has 0 saturated carbocycles. The molecule has 26 heavy (non-hydrogen) atoms. The summed E-state index contributed by atoms with van der Waals surface area (Å²) in [6.07, 6.45) is 0.413. The van der Waals surface area contributed by atoms with E-state index in [1.165, 1.54) is 0 Å².